The molecule has 0 amide bonds. The minimum atomic E-state index is -0.472. The Bertz CT molecular complexity index is 556. The zero-order valence-electron chi connectivity index (χ0n) is 9.92. The molecule has 1 aromatic heterocycles. The van der Waals surface area contributed by atoms with Gasteiger partial charge in [0.05, 0.1) is 28.5 Å². The summed E-state index contributed by atoms with van der Waals surface area (Å²) in [6, 6.07) is 2.89. The number of nitrogens with zero attached hydrogens (tertiary/aromatic N) is 2. The monoisotopic (exact) mass is 290 g/mol. The van der Waals surface area contributed by atoms with Crippen LogP contribution in [0.2, 0.25) is 5.02 Å². The van der Waals surface area contributed by atoms with E-state index < -0.39 is 5.82 Å². The van der Waals surface area contributed by atoms with Crippen LogP contribution in [0.1, 0.15) is 12.7 Å². The highest BCUT2D eigenvalue weighted by Gasteiger charge is 2.12. The minimum absolute atomic E-state index is 0.0844. The van der Waals surface area contributed by atoms with Crippen LogP contribution in [-0.2, 0) is 17.2 Å². The van der Waals surface area contributed by atoms with Gasteiger partial charge in [0, 0.05) is 19.2 Å². The van der Waals surface area contributed by atoms with Crippen molar-refractivity contribution < 1.29 is 9.13 Å². The molecule has 0 aliphatic rings. The number of aromatic nitrogens is 2. The summed E-state index contributed by atoms with van der Waals surface area (Å²) in [6.45, 7) is 3.76. The van der Waals surface area contributed by atoms with Crippen LogP contribution in [0.4, 0.5) is 4.39 Å². The van der Waals surface area contributed by atoms with Gasteiger partial charge < -0.3 is 9.30 Å². The van der Waals surface area contributed by atoms with E-state index in [-0.39, 0.29) is 10.9 Å². The highest BCUT2D eigenvalue weighted by molar-refractivity contribution is 6.31. The van der Waals surface area contributed by atoms with Crippen LogP contribution in [0.25, 0.3) is 11.0 Å². The van der Waals surface area contributed by atoms with Crippen LogP contribution in [0.15, 0.2) is 12.1 Å². The van der Waals surface area contributed by atoms with Gasteiger partial charge in [-0.05, 0) is 13.0 Å². The summed E-state index contributed by atoms with van der Waals surface area (Å²) in [5.74, 6) is 0.479. The number of hydrogen-bond donors (Lipinski definition) is 0. The van der Waals surface area contributed by atoms with E-state index in [4.69, 9.17) is 27.9 Å². The van der Waals surface area contributed by atoms with Crippen molar-refractivity contribution >= 4 is 34.2 Å². The molecule has 0 saturated heterocycles. The van der Waals surface area contributed by atoms with Gasteiger partial charge in [0.1, 0.15) is 11.6 Å². The summed E-state index contributed by atoms with van der Waals surface area (Å²) in [6.07, 6.45) is 0. The zero-order valence-corrected chi connectivity index (χ0v) is 11.4. The second kappa shape index (κ2) is 5.87. The average Bonchev–Trinajstić information content (AvgIpc) is 2.68. The fourth-order valence-electron chi connectivity index (χ4n) is 1.82. The van der Waals surface area contributed by atoms with Crippen molar-refractivity contribution in [1.29, 1.82) is 0 Å². The normalized spacial score (nSPS) is 11.3. The molecule has 0 aliphatic carbocycles. The molecule has 1 heterocycles. The number of fused-ring (bicyclic) bond motifs is 1. The lowest BCUT2D eigenvalue weighted by atomic mass is 10.3. The van der Waals surface area contributed by atoms with Crippen LogP contribution < -0.4 is 0 Å². The molecule has 0 bridgehead atoms. The summed E-state index contributed by atoms with van der Waals surface area (Å²) in [4.78, 5) is 4.29. The summed E-state index contributed by atoms with van der Waals surface area (Å²) >= 11 is 11.6. The van der Waals surface area contributed by atoms with E-state index in [9.17, 15) is 4.39 Å². The van der Waals surface area contributed by atoms with E-state index >= 15 is 0 Å². The fraction of sp³-hybridized carbons (Fsp3) is 0.417. The van der Waals surface area contributed by atoms with Crippen molar-refractivity contribution in [2.24, 2.45) is 0 Å². The Morgan fingerprint density at radius 2 is 2.22 bits per heavy atom. The maximum Gasteiger partial charge on any atom is 0.144 e. The molecule has 3 nitrogen and oxygen atoms in total. The van der Waals surface area contributed by atoms with Crippen molar-refractivity contribution in [1.82, 2.24) is 9.55 Å². The highest BCUT2D eigenvalue weighted by atomic mass is 35.5. The quantitative estimate of drug-likeness (QED) is 0.621. The van der Waals surface area contributed by atoms with Crippen LogP contribution >= 0.6 is 23.2 Å². The number of benzene rings is 1. The third kappa shape index (κ3) is 2.60. The third-order valence-electron chi connectivity index (χ3n) is 2.65. The number of alkyl halides is 1. The van der Waals surface area contributed by atoms with Gasteiger partial charge in [-0.2, -0.15) is 0 Å². The lowest BCUT2D eigenvalue weighted by Crippen LogP contribution is -2.08. The summed E-state index contributed by atoms with van der Waals surface area (Å²) in [7, 11) is 0. The summed E-state index contributed by atoms with van der Waals surface area (Å²) in [5.41, 5.74) is 1.33. The Balaban J connectivity index is 2.44. The van der Waals surface area contributed by atoms with Crippen LogP contribution in [0, 0.1) is 5.82 Å². The lowest BCUT2D eigenvalue weighted by molar-refractivity contribution is 0.139. The molecule has 0 radical (unpaired) electrons. The zero-order chi connectivity index (χ0) is 13.1. The first kappa shape index (κ1) is 13.6. The Kier molecular flexibility index (Phi) is 4.43. The molecule has 1 aromatic carbocycles. The molecule has 6 heteroatoms. The van der Waals surface area contributed by atoms with Crippen LogP contribution in [-0.4, -0.2) is 22.8 Å². The van der Waals surface area contributed by atoms with Crippen molar-refractivity contribution in [3.8, 4) is 0 Å². The first-order valence-corrected chi connectivity index (χ1v) is 6.56. The number of hydrogen-bond acceptors (Lipinski definition) is 2. The van der Waals surface area contributed by atoms with Gasteiger partial charge in [-0.3, -0.25) is 0 Å². The lowest BCUT2D eigenvalue weighted by Gasteiger charge is -2.07. The predicted molar refractivity (Wildman–Crippen MR) is 70.8 cm³/mol. The molecule has 18 heavy (non-hydrogen) atoms. The van der Waals surface area contributed by atoms with Crippen molar-refractivity contribution in [3.05, 3.63) is 28.8 Å². The largest absolute Gasteiger partial charge is 0.380 e. The van der Waals surface area contributed by atoms with Gasteiger partial charge in [-0.1, -0.05) is 11.6 Å². The first-order valence-electron chi connectivity index (χ1n) is 5.65. The Morgan fingerprint density at radius 3 is 2.89 bits per heavy atom. The minimum Gasteiger partial charge on any atom is -0.380 e. The van der Waals surface area contributed by atoms with Crippen LogP contribution in [0.3, 0.4) is 0 Å². The second-order valence-corrected chi connectivity index (χ2v) is 4.44. The molecule has 0 spiro atoms. The SMILES string of the molecule is CCOCCn1c(CCl)nc2cc(F)c(Cl)cc21. The number of halogens is 3. The van der Waals surface area contributed by atoms with Crippen molar-refractivity contribution in [2.45, 2.75) is 19.3 Å². The van der Waals surface area contributed by atoms with Gasteiger partial charge in [0.15, 0.2) is 0 Å². The van der Waals surface area contributed by atoms with E-state index in [0.717, 1.165) is 5.52 Å². The maximum absolute atomic E-state index is 13.4. The van der Waals surface area contributed by atoms with E-state index in [1.54, 1.807) is 6.07 Å². The molecule has 98 valence electrons. The smallest absolute Gasteiger partial charge is 0.144 e. The first-order chi connectivity index (χ1) is 8.67. The molecule has 0 saturated carbocycles. The Hall–Kier alpha value is -0.840. The number of imidazole rings is 1. The predicted octanol–water partition coefficient (Wildman–Crippen LogP) is 3.60. The topological polar surface area (TPSA) is 27.1 Å². The van der Waals surface area contributed by atoms with Gasteiger partial charge >= 0.3 is 0 Å². The Labute approximate surface area is 114 Å². The van der Waals surface area contributed by atoms with E-state index in [1.165, 1.54) is 6.07 Å². The molecular weight excluding hydrogens is 278 g/mol. The maximum atomic E-state index is 13.4. The molecule has 0 atom stereocenters. The molecule has 0 N–H and O–H groups in total. The standard InChI is InChI=1S/C12H13Cl2FN2O/c1-2-18-4-3-17-11-5-8(14)9(15)6-10(11)16-12(17)7-13/h5-6H,2-4,7H2,1H3. The molecule has 0 unspecified atom stereocenters. The van der Waals surface area contributed by atoms with E-state index in [2.05, 4.69) is 4.98 Å². The van der Waals surface area contributed by atoms with Gasteiger partial charge in [0.2, 0.25) is 0 Å². The highest BCUT2D eigenvalue weighted by Crippen LogP contribution is 2.24. The van der Waals surface area contributed by atoms with Crippen molar-refractivity contribution in [3.63, 3.8) is 0 Å². The van der Waals surface area contributed by atoms with Gasteiger partial charge in [-0.15, -0.1) is 11.6 Å². The average molecular weight is 291 g/mol. The number of ether oxygens (including phenoxy) is 1. The molecule has 2 aromatic rings. The van der Waals surface area contributed by atoms with Gasteiger partial charge in [-0.25, -0.2) is 9.37 Å². The second-order valence-electron chi connectivity index (χ2n) is 3.77. The molecule has 0 aliphatic heterocycles. The van der Waals surface area contributed by atoms with E-state index in [0.29, 0.717) is 31.1 Å². The Morgan fingerprint density at radius 1 is 1.44 bits per heavy atom. The van der Waals surface area contributed by atoms with Crippen molar-refractivity contribution in [2.75, 3.05) is 13.2 Å². The molecule has 0 fully saturated rings. The fourth-order valence-corrected chi connectivity index (χ4v) is 2.18. The molecule has 2 rings (SSSR count). The summed E-state index contributed by atoms with van der Waals surface area (Å²) in [5, 5.41) is 0.0844. The third-order valence-corrected chi connectivity index (χ3v) is 3.18. The van der Waals surface area contributed by atoms with Gasteiger partial charge in [0.25, 0.3) is 0 Å². The number of rotatable bonds is 5. The van der Waals surface area contributed by atoms with Crippen LogP contribution in [0.5, 0.6) is 0 Å². The molecular formula is C12H13Cl2FN2O. The summed E-state index contributed by atoms with van der Waals surface area (Å²) < 4.78 is 20.6. The van der Waals surface area contributed by atoms with E-state index in [1.807, 2.05) is 11.5 Å².